The summed E-state index contributed by atoms with van der Waals surface area (Å²) in [5.41, 5.74) is 1.02. The molecule has 2 rings (SSSR count). The van der Waals surface area contributed by atoms with Gasteiger partial charge in [-0.2, -0.15) is 0 Å². The molecule has 4 heteroatoms. The largest absolute Gasteiger partial charge is 0.392 e. The van der Waals surface area contributed by atoms with E-state index in [0.717, 1.165) is 49.6 Å². The Morgan fingerprint density at radius 2 is 2.21 bits per heavy atom. The minimum absolute atomic E-state index is 0.0382. The lowest BCUT2D eigenvalue weighted by atomic mass is 9.73. The Bertz CT molecular complexity index is 435. The van der Waals surface area contributed by atoms with Crippen molar-refractivity contribution in [2.24, 2.45) is 5.41 Å². The molecule has 2 atom stereocenters. The number of hydrogen-bond acceptors (Lipinski definition) is 4. The van der Waals surface area contributed by atoms with Crippen LogP contribution in [0.1, 0.15) is 51.0 Å². The molecule has 0 radical (unpaired) electrons. The number of rotatable bonds is 4. The Morgan fingerprint density at radius 1 is 1.42 bits per heavy atom. The first-order chi connectivity index (χ1) is 9.03. The van der Waals surface area contributed by atoms with Crippen LogP contribution in [0.25, 0.3) is 0 Å². The fourth-order valence-electron chi connectivity index (χ4n) is 2.78. The van der Waals surface area contributed by atoms with Crippen LogP contribution in [0.3, 0.4) is 0 Å². The van der Waals surface area contributed by atoms with Crippen LogP contribution in [-0.4, -0.2) is 27.7 Å². The molecule has 0 aromatic carbocycles. The SMILES string of the molecule is CCc1cc(NCC2(C)CCCCC2O)nc(C)n1. The van der Waals surface area contributed by atoms with E-state index in [0.29, 0.717) is 0 Å². The molecule has 1 aliphatic rings. The highest BCUT2D eigenvalue weighted by atomic mass is 16.3. The summed E-state index contributed by atoms with van der Waals surface area (Å²) in [6.45, 7) is 6.95. The molecule has 0 amide bonds. The summed E-state index contributed by atoms with van der Waals surface area (Å²) >= 11 is 0. The van der Waals surface area contributed by atoms with E-state index in [1.54, 1.807) is 0 Å². The van der Waals surface area contributed by atoms with Gasteiger partial charge in [0.05, 0.1) is 6.10 Å². The molecule has 1 fully saturated rings. The van der Waals surface area contributed by atoms with Gasteiger partial charge in [0.2, 0.25) is 0 Å². The zero-order valence-corrected chi connectivity index (χ0v) is 12.2. The van der Waals surface area contributed by atoms with Crippen LogP contribution in [0.15, 0.2) is 6.07 Å². The van der Waals surface area contributed by atoms with Gasteiger partial charge in [-0.3, -0.25) is 0 Å². The van der Waals surface area contributed by atoms with Crippen LogP contribution in [0.5, 0.6) is 0 Å². The Balaban J connectivity index is 2.03. The molecule has 0 saturated heterocycles. The van der Waals surface area contributed by atoms with Crippen LogP contribution >= 0.6 is 0 Å². The number of aliphatic hydroxyl groups is 1. The van der Waals surface area contributed by atoms with Gasteiger partial charge >= 0.3 is 0 Å². The Hall–Kier alpha value is -1.16. The van der Waals surface area contributed by atoms with Gasteiger partial charge in [0.15, 0.2) is 0 Å². The lowest BCUT2D eigenvalue weighted by Crippen LogP contribution is -2.41. The lowest BCUT2D eigenvalue weighted by Gasteiger charge is -2.38. The highest BCUT2D eigenvalue weighted by molar-refractivity contribution is 5.36. The summed E-state index contributed by atoms with van der Waals surface area (Å²) in [5, 5.41) is 13.6. The van der Waals surface area contributed by atoms with Crippen LogP contribution < -0.4 is 5.32 Å². The average Bonchev–Trinajstić information content (AvgIpc) is 2.39. The third kappa shape index (κ3) is 3.44. The highest BCUT2D eigenvalue weighted by Crippen LogP contribution is 2.36. The van der Waals surface area contributed by atoms with Gasteiger partial charge < -0.3 is 10.4 Å². The van der Waals surface area contributed by atoms with E-state index in [2.05, 4.69) is 29.1 Å². The summed E-state index contributed by atoms with van der Waals surface area (Å²) in [6, 6.07) is 2.01. The van der Waals surface area contributed by atoms with Gasteiger partial charge in [0, 0.05) is 23.7 Å². The third-order valence-corrected chi connectivity index (χ3v) is 4.21. The van der Waals surface area contributed by atoms with Crippen molar-refractivity contribution in [2.75, 3.05) is 11.9 Å². The molecule has 19 heavy (non-hydrogen) atoms. The fourth-order valence-corrected chi connectivity index (χ4v) is 2.78. The summed E-state index contributed by atoms with van der Waals surface area (Å²) in [7, 11) is 0. The lowest BCUT2D eigenvalue weighted by molar-refractivity contribution is 0.00958. The standard InChI is InChI=1S/C15H25N3O/c1-4-12-9-14(18-11(2)17-12)16-10-15(3)8-6-5-7-13(15)19/h9,13,19H,4-8,10H2,1-3H3,(H,16,17,18). The van der Waals surface area contributed by atoms with Gasteiger partial charge in [0.1, 0.15) is 11.6 Å². The first kappa shape index (κ1) is 14.3. The molecule has 4 nitrogen and oxygen atoms in total. The number of aromatic nitrogens is 2. The van der Waals surface area contributed by atoms with Gasteiger partial charge in [0.25, 0.3) is 0 Å². The van der Waals surface area contributed by atoms with E-state index < -0.39 is 0 Å². The Morgan fingerprint density at radius 3 is 2.89 bits per heavy atom. The Kier molecular flexibility index (Phi) is 4.40. The monoisotopic (exact) mass is 263 g/mol. The molecule has 1 heterocycles. The van der Waals surface area contributed by atoms with Crippen LogP contribution in [0.4, 0.5) is 5.82 Å². The number of nitrogens with one attached hydrogen (secondary N) is 1. The number of anilines is 1. The van der Waals surface area contributed by atoms with Crippen molar-refractivity contribution in [1.82, 2.24) is 9.97 Å². The van der Waals surface area contributed by atoms with Gasteiger partial charge in [-0.05, 0) is 26.2 Å². The molecule has 0 aliphatic heterocycles. The molecule has 0 spiro atoms. The summed E-state index contributed by atoms with van der Waals surface area (Å²) in [6.07, 6.45) is 5.05. The molecular formula is C15H25N3O. The average molecular weight is 263 g/mol. The smallest absolute Gasteiger partial charge is 0.129 e. The molecule has 2 unspecified atom stereocenters. The molecular weight excluding hydrogens is 238 g/mol. The van der Waals surface area contributed by atoms with Crippen LogP contribution in [0, 0.1) is 12.3 Å². The minimum Gasteiger partial charge on any atom is -0.392 e. The van der Waals surface area contributed by atoms with E-state index in [9.17, 15) is 5.11 Å². The maximum atomic E-state index is 10.2. The molecule has 1 aliphatic carbocycles. The van der Waals surface area contributed by atoms with Crippen molar-refractivity contribution in [3.05, 3.63) is 17.6 Å². The second-order valence-corrected chi connectivity index (χ2v) is 5.91. The van der Waals surface area contributed by atoms with E-state index in [4.69, 9.17) is 0 Å². The normalized spacial score (nSPS) is 27.3. The predicted molar refractivity (Wildman–Crippen MR) is 77.2 cm³/mol. The van der Waals surface area contributed by atoms with Gasteiger partial charge in [-0.15, -0.1) is 0 Å². The van der Waals surface area contributed by atoms with Gasteiger partial charge in [-0.1, -0.05) is 26.7 Å². The maximum Gasteiger partial charge on any atom is 0.129 e. The summed E-state index contributed by atoms with van der Waals surface area (Å²) in [4.78, 5) is 8.80. The molecule has 106 valence electrons. The van der Waals surface area contributed by atoms with Crippen molar-refractivity contribution in [3.63, 3.8) is 0 Å². The molecule has 1 aromatic heterocycles. The second-order valence-electron chi connectivity index (χ2n) is 5.91. The summed E-state index contributed by atoms with van der Waals surface area (Å²) in [5.74, 6) is 1.68. The molecule has 1 saturated carbocycles. The molecule has 1 aromatic rings. The zero-order valence-electron chi connectivity index (χ0n) is 12.2. The number of aliphatic hydroxyl groups excluding tert-OH is 1. The van der Waals surface area contributed by atoms with E-state index in [1.807, 2.05) is 13.0 Å². The predicted octanol–water partition coefficient (Wildman–Crippen LogP) is 2.70. The second kappa shape index (κ2) is 5.87. The molecule has 0 bridgehead atoms. The number of nitrogens with zero attached hydrogens (tertiary/aromatic N) is 2. The minimum atomic E-state index is -0.206. The fraction of sp³-hybridized carbons (Fsp3) is 0.733. The zero-order chi connectivity index (χ0) is 13.9. The van der Waals surface area contributed by atoms with Crippen molar-refractivity contribution in [2.45, 2.75) is 59.0 Å². The topological polar surface area (TPSA) is 58.0 Å². The number of aryl methyl sites for hydroxylation is 2. The van der Waals surface area contributed by atoms with Crippen molar-refractivity contribution < 1.29 is 5.11 Å². The van der Waals surface area contributed by atoms with Crippen molar-refractivity contribution in [1.29, 1.82) is 0 Å². The quantitative estimate of drug-likeness (QED) is 0.877. The first-order valence-corrected chi connectivity index (χ1v) is 7.30. The third-order valence-electron chi connectivity index (χ3n) is 4.21. The van der Waals surface area contributed by atoms with Crippen molar-refractivity contribution in [3.8, 4) is 0 Å². The highest BCUT2D eigenvalue weighted by Gasteiger charge is 2.35. The Labute approximate surface area is 115 Å². The summed E-state index contributed by atoms with van der Waals surface area (Å²) < 4.78 is 0. The van der Waals surface area contributed by atoms with E-state index in [-0.39, 0.29) is 11.5 Å². The van der Waals surface area contributed by atoms with E-state index in [1.165, 1.54) is 6.42 Å². The van der Waals surface area contributed by atoms with Crippen LogP contribution in [-0.2, 0) is 6.42 Å². The molecule has 2 N–H and O–H groups in total. The van der Waals surface area contributed by atoms with Crippen LogP contribution in [0.2, 0.25) is 0 Å². The van der Waals surface area contributed by atoms with Gasteiger partial charge in [-0.25, -0.2) is 9.97 Å². The van der Waals surface area contributed by atoms with E-state index >= 15 is 0 Å². The first-order valence-electron chi connectivity index (χ1n) is 7.30. The number of hydrogen-bond donors (Lipinski definition) is 2. The maximum absolute atomic E-state index is 10.2. The van der Waals surface area contributed by atoms with Crippen molar-refractivity contribution >= 4 is 5.82 Å².